The summed E-state index contributed by atoms with van der Waals surface area (Å²) in [4.78, 5) is 0. The maximum atomic E-state index is 4.93. The SMILES string of the molecule is C1=CC2CCC(CCC3CCC4C=CC=CC43)C2C=C1.CCCCC1CCCC1.CCCCC1CCCC1.[CH3-].[CH3-].[CH3-].[CH3-].[Cl][Zr+2][Cl].[Cl][Zr+2][Cl]. The Kier molecular flexibility index (Phi) is 40.6. The van der Waals surface area contributed by atoms with Crippen molar-refractivity contribution in [2.75, 3.05) is 0 Å². The van der Waals surface area contributed by atoms with Crippen LogP contribution in [0, 0.1) is 77.0 Å². The topological polar surface area (TPSA) is 0 Å². The summed E-state index contributed by atoms with van der Waals surface area (Å²) in [6.45, 7) is 4.57. The van der Waals surface area contributed by atoms with Crippen molar-refractivity contribution < 1.29 is 41.7 Å². The molecule has 0 saturated heterocycles. The molecule has 48 heavy (non-hydrogen) atoms. The molecule has 6 atom stereocenters. The van der Waals surface area contributed by atoms with Gasteiger partial charge in [0.15, 0.2) is 0 Å². The molecule has 278 valence electrons. The predicted octanol–water partition coefficient (Wildman–Crippen LogP) is 16.6. The summed E-state index contributed by atoms with van der Waals surface area (Å²) in [6, 6.07) is 0. The number of hydrogen-bond acceptors (Lipinski definition) is 0. The van der Waals surface area contributed by atoms with Gasteiger partial charge < -0.3 is 29.7 Å². The van der Waals surface area contributed by atoms with Gasteiger partial charge in [0.2, 0.25) is 0 Å². The first-order valence-electron chi connectivity index (χ1n) is 18.2. The number of allylic oxidation sites excluding steroid dienone is 8. The van der Waals surface area contributed by atoms with E-state index in [0.717, 1.165) is 47.3 Å². The quantitative estimate of drug-likeness (QED) is 0.202. The summed E-state index contributed by atoms with van der Waals surface area (Å²) < 4.78 is 0. The molecule has 6 heteroatoms. The fourth-order valence-corrected chi connectivity index (χ4v) is 8.81. The van der Waals surface area contributed by atoms with Crippen molar-refractivity contribution in [1.82, 2.24) is 0 Å². The molecule has 0 heterocycles. The second-order valence-electron chi connectivity index (χ2n) is 14.0. The van der Waals surface area contributed by atoms with Crippen molar-refractivity contribution >= 4 is 34.1 Å². The molecule has 6 rings (SSSR count). The van der Waals surface area contributed by atoms with Gasteiger partial charge in [-0.15, -0.1) is 0 Å². The molecule has 6 aliphatic carbocycles. The van der Waals surface area contributed by atoms with E-state index < -0.39 is 41.7 Å². The van der Waals surface area contributed by atoms with Crippen LogP contribution in [0.3, 0.4) is 0 Å². The summed E-state index contributed by atoms with van der Waals surface area (Å²) in [6.07, 6.45) is 48.5. The third-order valence-electron chi connectivity index (χ3n) is 11.2. The number of halogens is 4. The Morgan fingerprint density at radius 2 is 0.771 bits per heavy atom. The van der Waals surface area contributed by atoms with E-state index in [0.29, 0.717) is 0 Å². The Balaban J connectivity index is -0.000000617. The predicted molar refractivity (Wildman–Crippen MR) is 217 cm³/mol. The fourth-order valence-electron chi connectivity index (χ4n) is 8.81. The van der Waals surface area contributed by atoms with E-state index in [4.69, 9.17) is 34.1 Å². The molecule has 0 aliphatic heterocycles. The molecule has 0 aromatic carbocycles. The summed E-state index contributed by atoms with van der Waals surface area (Å²) in [5.41, 5.74) is 0. The Bertz CT molecular complexity index is 735. The average molecular weight is 903 g/mol. The van der Waals surface area contributed by atoms with E-state index in [1.54, 1.807) is 0 Å². The van der Waals surface area contributed by atoms with Crippen molar-refractivity contribution in [2.45, 2.75) is 142 Å². The van der Waals surface area contributed by atoms with Gasteiger partial charge in [-0.1, -0.05) is 152 Å². The molecule has 0 aromatic rings. The third kappa shape index (κ3) is 22.2. The maximum absolute atomic E-state index is 4.93. The van der Waals surface area contributed by atoms with Crippen LogP contribution in [-0.2, 0) is 41.7 Å². The first-order valence-corrected chi connectivity index (χ1v) is 30.9. The van der Waals surface area contributed by atoms with Crippen LogP contribution in [0.15, 0.2) is 48.6 Å². The first-order chi connectivity index (χ1) is 21.6. The number of fused-ring (bicyclic) bond motifs is 2. The van der Waals surface area contributed by atoms with Gasteiger partial charge in [-0.3, -0.25) is 0 Å². The van der Waals surface area contributed by atoms with Crippen LogP contribution >= 0.6 is 34.1 Å². The number of hydrogen-bond donors (Lipinski definition) is 0. The van der Waals surface area contributed by atoms with Gasteiger partial charge in [-0.25, -0.2) is 0 Å². The second kappa shape index (κ2) is 35.9. The number of unbranched alkanes of at least 4 members (excludes halogenated alkanes) is 2. The standard InChI is InChI=1S/C20H26.2C9H18.4CH3.4ClH.2Zr/c1-3-7-19-15(5-1)9-11-17(19)13-14-18-12-10-16-6-2-4-8-20(16)18;2*1-2-3-6-9-7-4-5-8-9;;;;;;;;;;/h1-8,15-20H,9-14H2;2*9H,2-8H2,1H3;4*1H3;4*1H;;/q;;;4*-1;;;;;2*+4/p-4. The molecule has 0 spiro atoms. The minimum absolute atomic E-state index is 0. The van der Waals surface area contributed by atoms with Gasteiger partial charge in [0.25, 0.3) is 0 Å². The summed E-state index contributed by atoms with van der Waals surface area (Å²) in [5.74, 6) is 7.59. The third-order valence-corrected chi connectivity index (χ3v) is 11.2. The number of rotatable bonds is 9. The van der Waals surface area contributed by atoms with Crippen LogP contribution in [0.5, 0.6) is 0 Å². The minimum atomic E-state index is -0.826. The average Bonchev–Trinajstić information content (AvgIpc) is 3.88. The van der Waals surface area contributed by atoms with E-state index in [1.165, 1.54) is 128 Å². The van der Waals surface area contributed by atoms with Crippen LogP contribution in [0.4, 0.5) is 0 Å². The van der Waals surface area contributed by atoms with Crippen molar-refractivity contribution in [3.8, 4) is 0 Å². The first kappa shape index (κ1) is 54.2. The zero-order valence-corrected chi connectivity index (χ0v) is 39.8. The monoisotopic (exact) mass is 898 g/mol. The molecule has 4 saturated carbocycles. The zero-order valence-electron chi connectivity index (χ0n) is 31.9. The van der Waals surface area contributed by atoms with E-state index in [1.807, 2.05) is 0 Å². The van der Waals surface area contributed by atoms with Gasteiger partial charge in [0, 0.05) is 0 Å². The molecule has 0 aromatic heterocycles. The van der Waals surface area contributed by atoms with Gasteiger partial charge >= 0.3 is 75.7 Å². The zero-order chi connectivity index (χ0) is 31.8. The van der Waals surface area contributed by atoms with Crippen LogP contribution in [0.1, 0.15) is 142 Å². The normalized spacial score (nSPS) is 27.0. The van der Waals surface area contributed by atoms with E-state index >= 15 is 0 Å². The van der Waals surface area contributed by atoms with E-state index in [-0.39, 0.29) is 29.7 Å². The Labute approximate surface area is 340 Å². The Hall–Kier alpha value is 1.89. The second-order valence-corrected chi connectivity index (χ2v) is 21.5. The van der Waals surface area contributed by atoms with Crippen molar-refractivity contribution in [2.24, 2.45) is 47.3 Å². The van der Waals surface area contributed by atoms with Crippen LogP contribution in [0.25, 0.3) is 0 Å². The van der Waals surface area contributed by atoms with Gasteiger partial charge in [-0.2, -0.15) is 0 Å². The van der Waals surface area contributed by atoms with Gasteiger partial charge in [0.1, 0.15) is 0 Å². The summed E-state index contributed by atoms with van der Waals surface area (Å²) >= 11 is -1.65. The molecule has 6 aliphatic rings. The molecule has 0 bridgehead atoms. The van der Waals surface area contributed by atoms with Crippen molar-refractivity contribution in [3.05, 3.63) is 78.3 Å². The van der Waals surface area contributed by atoms with Crippen LogP contribution in [-0.4, -0.2) is 0 Å². The molecule has 0 N–H and O–H groups in total. The fraction of sp³-hybridized carbons (Fsp3) is 0.714. The summed E-state index contributed by atoms with van der Waals surface area (Å²) in [7, 11) is 19.7. The molecule has 6 unspecified atom stereocenters. The molecule has 4 fully saturated rings. The molecule has 0 nitrogen and oxygen atoms in total. The van der Waals surface area contributed by atoms with Crippen molar-refractivity contribution in [1.29, 1.82) is 0 Å². The van der Waals surface area contributed by atoms with Crippen LogP contribution in [0.2, 0.25) is 0 Å². The van der Waals surface area contributed by atoms with Crippen molar-refractivity contribution in [3.63, 3.8) is 0 Å². The Morgan fingerprint density at radius 1 is 0.458 bits per heavy atom. The van der Waals surface area contributed by atoms with Crippen LogP contribution < -0.4 is 0 Å². The molecule has 0 radical (unpaired) electrons. The molecular weight excluding hydrogens is 829 g/mol. The molecular formula is C42H74Cl4Zr2. The summed E-state index contributed by atoms with van der Waals surface area (Å²) in [5, 5.41) is 0. The van der Waals surface area contributed by atoms with Gasteiger partial charge in [0.05, 0.1) is 0 Å². The van der Waals surface area contributed by atoms with Gasteiger partial charge in [-0.05, 0) is 85.9 Å². The Morgan fingerprint density at radius 3 is 1.08 bits per heavy atom. The van der Waals surface area contributed by atoms with E-state index in [9.17, 15) is 0 Å². The van der Waals surface area contributed by atoms with E-state index in [2.05, 4.69) is 62.5 Å². The molecule has 0 amide bonds.